The molecule has 0 saturated carbocycles. The first-order valence-electron chi connectivity index (χ1n) is 2.68. The topological polar surface area (TPSA) is 46.5 Å². The number of alkyl halides is 1. The molecule has 60 valence electrons. The van der Waals surface area contributed by atoms with E-state index >= 15 is 0 Å². The van der Waals surface area contributed by atoms with Gasteiger partial charge in [-0.1, -0.05) is 22.6 Å². The molecule has 0 fully saturated rings. The summed E-state index contributed by atoms with van der Waals surface area (Å²) in [6.45, 7) is 1.72. The summed E-state index contributed by atoms with van der Waals surface area (Å²) < 4.78 is 14.2. The minimum atomic E-state index is -2.25. The molecule has 0 spiro atoms. The van der Waals surface area contributed by atoms with Crippen molar-refractivity contribution in [1.82, 2.24) is 0 Å². The van der Waals surface area contributed by atoms with Gasteiger partial charge >= 0.3 is 0 Å². The van der Waals surface area contributed by atoms with E-state index < -0.39 is 9.73 Å². The van der Waals surface area contributed by atoms with Crippen LogP contribution in [0.5, 0.6) is 0 Å². The molecule has 0 saturated heterocycles. The summed E-state index contributed by atoms with van der Waals surface area (Å²) in [6.07, 6.45) is 2.90. The Morgan fingerprint density at radius 2 is 2.00 bits per heavy atom. The lowest BCUT2D eigenvalue weighted by Crippen LogP contribution is -2.08. The molecule has 5 heteroatoms. The molecule has 0 aromatic rings. The number of carbonyl (C=O) groups excluding carboxylic acids is 1. The molecule has 0 rings (SSSR count). The number of halogens is 1. The maximum atomic E-state index is 10.9. The third kappa shape index (κ3) is 5.16. The van der Waals surface area contributed by atoms with Crippen LogP contribution in [0.3, 0.4) is 0 Å². The van der Waals surface area contributed by atoms with Crippen molar-refractivity contribution in [3.05, 3.63) is 0 Å². The lowest BCUT2D eigenvalue weighted by Gasteiger charge is -1.96. The monoisotopic (exact) mass is 275 g/mol. The minimum absolute atomic E-state index is 0.182. The van der Waals surface area contributed by atoms with E-state index in [9.17, 15) is 9.00 Å². The summed E-state index contributed by atoms with van der Waals surface area (Å²) in [5, 5.41) is 0. The third-order valence-corrected chi connectivity index (χ3v) is 1.80. The molecular formula is C5H10INO2S. The normalized spacial score (nSPS) is 14.4. The highest BCUT2D eigenvalue weighted by Crippen LogP contribution is 2.01. The maximum Gasteiger partial charge on any atom is 0.266 e. The van der Waals surface area contributed by atoms with E-state index in [0.29, 0.717) is 0 Å². The summed E-state index contributed by atoms with van der Waals surface area (Å²) in [4.78, 5) is 10.8. The highest BCUT2D eigenvalue weighted by Gasteiger charge is 2.07. The molecule has 0 bridgehead atoms. The fraction of sp³-hybridized carbons (Fsp3) is 0.800. The number of hydrogen-bond donors (Lipinski definition) is 0. The Kier molecular flexibility index (Phi) is 3.79. The van der Waals surface area contributed by atoms with Crippen LogP contribution >= 0.6 is 22.6 Å². The second-order valence-electron chi connectivity index (χ2n) is 2.23. The average molecular weight is 275 g/mol. The molecular weight excluding hydrogens is 265 g/mol. The van der Waals surface area contributed by atoms with Crippen molar-refractivity contribution >= 4 is 38.2 Å². The predicted molar refractivity (Wildman–Crippen MR) is 50.9 cm³/mol. The van der Waals surface area contributed by atoms with E-state index in [1.165, 1.54) is 12.5 Å². The highest BCUT2D eigenvalue weighted by atomic mass is 127. The van der Waals surface area contributed by atoms with Gasteiger partial charge < -0.3 is 0 Å². The third-order valence-electron chi connectivity index (χ3n) is 0.650. The van der Waals surface area contributed by atoms with Crippen LogP contribution in [0.15, 0.2) is 4.36 Å². The summed E-state index contributed by atoms with van der Waals surface area (Å²) >= 11 is 1.94. The molecule has 0 aliphatic rings. The molecule has 3 nitrogen and oxygen atoms in total. The van der Waals surface area contributed by atoms with E-state index in [2.05, 4.69) is 4.36 Å². The van der Waals surface area contributed by atoms with E-state index in [1.807, 2.05) is 22.6 Å². The molecule has 0 aromatic heterocycles. The fourth-order valence-electron chi connectivity index (χ4n) is 0.289. The Balaban J connectivity index is 4.46. The van der Waals surface area contributed by atoms with Gasteiger partial charge in [-0.05, 0) is 6.92 Å². The molecule has 0 aromatic carbocycles. The smallest absolute Gasteiger partial charge is 0.266 e. The molecule has 0 N–H and O–H groups in total. The van der Waals surface area contributed by atoms with Crippen LogP contribution in [0.1, 0.15) is 6.92 Å². The van der Waals surface area contributed by atoms with Gasteiger partial charge in [0.1, 0.15) is 0 Å². The first-order valence-corrected chi connectivity index (χ1v) is 6.25. The van der Waals surface area contributed by atoms with Crippen molar-refractivity contribution in [3.63, 3.8) is 0 Å². The average Bonchev–Trinajstić information content (AvgIpc) is 1.60. The van der Waals surface area contributed by atoms with Gasteiger partial charge in [0.2, 0.25) is 0 Å². The Hall–Kier alpha value is 0.350. The van der Waals surface area contributed by atoms with Crippen molar-refractivity contribution in [2.75, 3.05) is 12.5 Å². The summed E-state index contributed by atoms with van der Waals surface area (Å²) in [7, 11) is -2.25. The molecule has 1 atom stereocenters. The van der Waals surface area contributed by atoms with Crippen LogP contribution < -0.4 is 0 Å². The van der Waals surface area contributed by atoms with Crippen molar-refractivity contribution in [1.29, 1.82) is 0 Å². The number of nitrogens with zero attached hydrogens (tertiary/aromatic N) is 1. The molecule has 0 aliphatic carbocycles. The standard InChI is InChI=1S/C5H10INO2S/c1-4(6)5(8)7-10(2,3)9/h4H,1-3H3/t4-/m0/s1. The van der Waals surface area contributed by atoms with E-state index in [0.717, 1.165) is 0 Å². The van der Waals surface area contributed by atoms with Crippen LogP contribution in [-0.4, -0.2) is 26.6 Å². The lowest BCUT2D eigenvalue weighted by molar-refractivity contribution is -0.116. The first kappa shape index (κ1) is 10.3. The summed E-state index contributed by atoms with van der Waals surface area (Å²) in [5.41, 5.74) is 0. The van der Waals surface area contributed by atoms with E-state index in [-0.39, 0.29) is 9.83 Å². The Morgan fingerprint density at radius 1 is 1.60 bits per heavy atom. The molecule has 0 unspecified atom stereocenters. The zero-order chi connectivity index (χ0) is 8.36. The van der Waals surface area contributed by atoms with Gasteiger partial charge in [0.25, 0.3) is 5.91 Å². The second-order valence-corrected chi connectivity index (χ2v) is 6.64. The Bertz CT molecular complexity index is 232. The van der Waals surface area contributed by atoms with E-state index in [4.69, 9.17) is 0 Å². The van der Waals surface area contributed by atoms with Crippen LogP contribution in [0.25, 0.3) is 0 Å². The van der Waals surface area contributed by atoms with Crippen molar-refractivity contribution < 1.29 is 9.00 Å². The Morgan fingerprint density at radius 3 is 2.10 bits per heavy atom. The molecule has 0 radical (unpaired) electrons. The van der Waals surface area contributed by atoms with Crippen LogP contribution in [-0.2, 0) is 14.5 Å². The van der Waals surface area contributed by atoms with Gasteiger partial charge in [-0.25, -0.2) is 4.21 Å². The van der Waals surface area contributed by atoms with E-state index in [1.54, 1.807) is 6.92 Å². The summed E-state index contributed by atoms with van der Waals surface area (Å²) in [5.74, 6) is -0.296. The van der Waals surface area contributed by atoms with Gasteiger partial charge in [0.05, 0.1) is 3.92 Å². The van der Waals surface area contributed by atoms with Gasteiger partial charge in [0.15, 0.2) is 0 Å². The van der Waals surface area contributed by atoms with Gasteiger partial charge in [0, 0.05) is 22.2 Å². The SMILES string of the molecule is C[C@H](I)C(=O)N=S(C)(C)=O. The van der Waals surface area contributed by atoms with Crippen LogP contribution in [0.2, 0.25) is 0 Å². The lowest BCUT2D eigenvalue weighted by atomic mass is 10.5. The number of rotatable bonds is 1. The highest BCUT2D eigenvalue weighted by molar-refractivity contribution is 14.1. The van der Waals surface area contributed by atoms with Gasteiger partial charge in [-0.3, -0.25) is 4.79 Å². The minimum Gasteiger partial charge on any atom is -0.271 e. The molecule has 0 heterocycles. The van der Waals surface area contributed by atoms with Gasteiger partial charge in [-0.15, -0.1) is 0 Å². The van der Waals surface area contributed by atoms with Crippen LogP contribution in [0, 0.1) is 0 Å². The van der Waals surface area contributed by atoms with Crippen LogP contribution in [0.4, 0.5) is 0 Å². The van der Waals surface area contributed by atoms with Crippen molar-refractivity contribution in [2.24, 2.45) is 4.36 Å². The number of carbonyl (C=O) groups is 1. The summed E-state index contributed by atoms with van der Waals surface area (Å²) in [6, 6.07) is 0. The predicted octanol–water partition coefficient (Wildman–Crippen LogP) is 1.06. The van der Waals surface area contributed by atoms with Crippen molar-refractivity contribution in [3.8, 4) is 0 Å². The molecule has 10 heavy (non-hydrogen) atoms. The second kappa shape index (κ2) is 3.66. The zero-order valence-electron chi connectivity index (χ0n) is 6.13. The quantitative estimate of drug-likeness (QED) is 0.530. The molecule has 1 amide bonds. The largest absolute Gasteiger partial charge is 0.271 e. The van der Waals surface area contributed by atoms with Crippen molar-refractivity contribution in [2.45, 2.75) is 10.8 Å². The van der Waals surface area contributed by atoms with Gasteiger partial charge in [-0.2, -0.15) is 4.36 Å². The Labute approximate surface area is 74.9 Å². The number of hydrogen-bond acceptors (Lipinski definition) is 2. The zero-order valence-corrected chi connectivity index (χ0v) is 9.10. The molecule has 0 aliphatic heterocycles. The number of amides is 1. The first-order chi connectivity index (χ1) is 4.33. The fourth-order valence-corrected chi connectivity index (χ4v) is 1.21. The maximum absolute atomic E-state index is 10.9.